The lowest BCUT2D eigenvalue weighted by Gasteiger charge is -2.19. The molecule has 0 saturated heterocycles. The van der Waals surface area contributed by atoms with E-state index in [2.05, 4.69) is 22.6 Å². The number of aromatic nitrogens is 1. The molecule has 0 aliphatic rings. The zero-order valence-electron chi connectivity index (χ0n) is 11.2. The minimum absolute atomic E-state index is 0.0349. The quantitative estimate of drug-likeness (QED) is 0.911. The van der Waals surface area contributed by atoms with Crippen LogP contribution in [0.5, 0.6) is 5.75 Å². The minimum atomic E-state index is -0.0349. The van der Waals surface area contributed by atoms with Crippen LogP contribution < -0.4 is 10.1 Å². The monoisotopic (exact) mass is 296 g/mol. The summed E-state index contributed by atoms with van der Waals surface area (Å²) in [6, 6.07) is 3.75. The summed E-state index contributed by atoms with van der Waals surface area (Å²) in [7, 11) is 1.66. The van der Waals surface area contributed by atoms with Gasteiger partial charge in [0.05, 0.1) is 18.2 Å². The smallest absolute Gasteiger partial charge is 0.142 e. The summed E-state index contributed by atoms with van der Waals surface area (Å²) in [6.07, 6.45) is 1.77. The average molecular weight is 297 g/mol. The Kier molecular flexibility index (Phi) is 4.80. The molecule has 2 rings (SSSR count). The van der Waals surface area contributed by atoms with Gasteiger partial charge in [-0.2, -0.15) is 0 Å². The van der Waals surface area contributed by atoms with Gasteiger partial charge in [0, 0.05) is 11.1 Å². The summed E-state index contributed by atoms with van der Waals surface area (Å²) in [6.45, 7) is 4.91. The van der Waals surface area contributed by atoms with Crippen LogP contribution >= 0.6 is 22.9 Å². The Morgan fingerprint density at radius 1 is 1.53 bits per heavy atom. The van der Waals surface area contributed by atoms with Crippen molar-refractivity contribution in [3.63, 3.8) is 0 Å². The highest BCUT2D eigenvalue weighted by Crippen LogP contribution is 2.37. The highest BCUT2D eigenvalue weighted by molar-refractivity contribution is 7.10. The fourth-order valence-electron chi connectivity index (χ4n) is 1.95. The summed E-state index contributed by atoms with van der Waals surface area (Å²) in [5.74, 6) is 0.774. The van der Waals surface area contributed by atoms with Crippen LogP contribution in [-0.4, -0.2) is 18.6 Å². The minimum Gasteiger partial charge on any atom is -0.495 e. The van der Waals surface area contributed by atoms with Crippen molar-refractivity contribution in [3.05, 3.63) is 44.9 Å². The Bertz CT molecular complexity index is 556. The normalized spacial score (nSPS) is 12.4. The number of thiophene rings is 1. The Morgan fingerprint density at radius 2 is 2.32 bits per heavy atom. The molecular weight excluding hydrogens is 280 g/mol. The molecule has 0 amide bonds. The third-order valence-electron chi connectivity index (χ3n) is 2.89. The molecule has 1 atom stereocenters. The third-order valence-corrected chi connectivity index (χ3v) is 4.67. The molecule has 0 spiro atoms. The summed E-state index contributed by atoms with van der Waals surface area (Å²) in [5, 5.41) is 6.30. The van der Waals surface area contributed by atoms with Crippen LogP contribution in [0.1, 0.15) is 29.1 Å². The molecule has 0 aliphatic carbocycles. The van der Waals surface area contributed by atoms with Gasteiger partial charge in [-0.25, -0.2) is 0 Å². The lowest BCUT2D eigenvalue weighted by molar-refractivity contribution is 0.401. The first-order valence-electron chi connectivity index (χ1n) is 6.14. The van der Waals surface area contributed by atoms with Crippen LogP contribution in [0.3, 0.4) is 0 Å². The molecular formula is C14H17ClN2OS. The van der Waals surface area contributed by atoms with Crippen molar-refractivity contribution < 1.29 is 4.74 Å². The molecule has 0 bridgehead atoms. The number of hydrogen-bond donors (Lipinski definition) is 1. The SMILES string of the molecule is CCNC(c1ncccc1OC)c1scc(C)c1Cl. The number of rotatable bonds is 5. The van der Waals surface area contributed by atoms with E-state index in [4.69, 9.17) is 16.3 Å². The summed E-state index contributed by atoms with van der Waals surface area (Å²) < 4.78 is 5.40. The molecule has 102 valence electrons. The van der Waals surface area contributed by atoms with Crippen molar-refractivity contribution in [2.45, 2.75) is 19.9 Å². The highest BCUT2D eigenvalue weighted by Gasteiger charge is 2.23. The van der Waals surface area contributed by atoms with Gasteiger partial charge in [-0.15, -0.1) is 11.3 Å². The van der Waals surface area contributed by atoms with Crippen LogP contribution in [0.25, 0.3) is 0 Å². The standard InChI is InChI=1S/C14H17ClN2OS/c1-4-16-13(14-11(15)9(2)8-19-14)12-10(18-3)6-5-7-17-12/h5-8,13,16H,4H2,1-3H3. The van der Waals surface area contributed by atoms with Crippen molar-refractivity contribution in [3.8, 4) is 5.75 Å². The Labute approximate surface area is 122 Å². The van der Waals surface area contributed by atoms with Gasteiger partial charge < -0.3 is 10.1 Å². The Hall–Kier alpha value is -1.10. The fourth-order valence-corrected chi connectivity index (χ4v) is 3.33. The molecule has 0 saturated carbocycles. The lowest BCUT2D eigenvalue weighted by atomic mass is 10.1. The fraction of sp³-hybridized carbons (Fsp3) is 0.357. The molecule has 0 aliphatic heterocycles. The van der Waals surface area contributed by atoms with Gasteiger partial charge in [0.1, 0.15) is 11.4 Å². The third kappa shape index (κ3) is 2.91. The number of hydrogen-bond acceptors (Lipinski definition) is 4. The van der Waals surface area contributed by atoms with E-state index in [1.165, 1.54) is 0 Å². The molecule has 19 heavy (non-hydrogen) atoms. The van der Waals surface area contributed by atoms with E-state index in [0.717, 1.165) is 33.5 Å². The zero-order valence-corrected chi connectivity index (χ0v) is 12.8. The number of ether oxygens (including phenoxy) is 1. The molecule has 5 heteroatoms. The maximum Gasteiger partial charge on any atom is 0.142 e. The van der Waals surface area contributed by atoms with Crippen LogP contribution in [0, 0.1) is 6.92 Å². The van der Waals surface area contributed by atoms with Crippen molar-refractivity contribution in [2.24, 2.45) is 0 Å². The zero-order chi connectivity index (χ0) is 13.8. The number of methoxy groups -OCH3 is 1. The number of pyridine rings is 1. The molecule has 2 heterocycles. The molecule has 2 aromatic heterocycles. The molecule has 1 N–H and O–H groups in total. The summed E-state index contributed by atoms with van der Waals surface area (Å²) in [4.78, 5) is 5.54. The van der Waals surface area contributed by atoms with Gasteiger partial charge in [-0.3, -0.25) is 4.98 Å². The summed E-state index contributed by atoms with van der Waals surface area (Å²) >= 11 is 8.03. The molecule has 0 aromatic carbocycles. The van der Waals surface area contributed by atoms with E-state index < -0.39 is 0 Å². The summed E-state index contributed by atoms with van der Waals surface area (Å²) in [5.41, 5.74) is 1.97. The molecule has 1 unspecified atom stereocenters. The highest BCUT2D eigenvalue weighted by atomic mass is 35.5. The second kappa shape index (κ2) is 6.37. The van der Waals surface area contributed by atoms with Crippen molar-refractivity contribution in [1.29, 1.82) is 0 Å². The number of nitrogens with one attached hydrogen (secondary N) is 1. The first kappa shape index (κ1) is 14.3. The van der Waals surface area contributed by atoms with E-state index in [9.17, 15) is 0 Å². The van der Waals surface area contributed by atoms with E-state index in [1.807, 2.05) is 19.1 Å². The van der Waals surface area contributed by atoms with Crippen LogP contribution in [0.2, 0.25) is 5.02 Å². The largest absolute Gasteiger partial charge is 0.495 e. The number of halogens is 1. The van der Waals surface area contributed by atoms with Crippen LogP contribution in [0.4, 0.5) is 0 Å². The topological polar surface area (TPSA) is 34.2 Å². The van der Waals surface area contributed by atoms with Gasteiger partial charge in [-0.05, 0) is 36.5 Å². The Balaban J connectivity index is 2.48. The predicted octanol–water partition coefficient (Wildman–Crippen LogP) is 3.81. The second-order valence-electron chi connectivity index (χ2n) is 4.18. The van der Waals surface area contributed by atoms with Crippen LogP contribution in [-0.2, 0) is 0 Å². The van der Waals surface area contributed by atoms with Gasteiger partial charge in [0.2, 0.25) is 0 Å². The first-order valence-corrected chi connectivity index (χ1v) is 7.40. The molecule has 0 radical (unpaired) electrons. The van der Waals surface area contributed by atoms with Gasteiger partial charge >= 0.3 is 0 Å². The average Bonchev–Trinajstić information content (AvgIpc) is 2.76. The van der Waals surface area contributed by atoms with Crippen LogP contribution in [0.15, 0.2) is 23.7 Å². The van der Waals surface area contributed by atoms with Crippen molar-refractivity contribution in [2.75, 3.05) is 13.7 Å². The Morgan fingerprint density at radius 3 is 2.89 bits per heavy atom. The molecule has 0 fully saturated rings. The number of nitrogens with zero attached hydrogens (tertiary/aromatic N) is 1. The van der Waals surface area contributed by atoms with E-state index in [0.29, 0.717) is 0 Å². The predicted molar refractivity (Wildman–Crippen MR) is 80.4 cm³/mol. The van der Waals surface area contributed by atoms with Crippen molar-refractivity contribution in [1.82, 2.24) is 10.3 Å². The molecule has 3 nitrogen and oxygen atoms in total. The van der Waals surface area contributed by atoms with Crippen molar-refractivity contribution >= 4 is 22.9 Å². The molecule has 2 aromatic rings. The second-order valence-corrected chi connectivity index (χ2v) is 5.47. The number of aryl methyl sites for hydroxylation is 1. The van der Waals surface area contributed by atoms with Gasteiger partial charge in [0.15, 0.2) is 0 Å². The lowest BCUT2D eigenvalue weighted by Crippen LogP contribution is -2.23. The van der Waals surface area contributed by atoms with Gasteiger partial charge in [0.25, 0.3) is 0 Å². The van der Waals surface area contributed by atoms with E-state index in [1.54, 1.807) is 24.6 Å². The maximum absolute atomic E-state index is 6.39. The van der Waals surface area contributed by atoms with Gasteiger partial charge in [-0.1, -0.05) is 18.5 Å². The first-order chi connectivity index (χ1) is 9.19. The van der Waals surface area contributed by atoms with E-state index in [-0.39, 0.29) is 6.04 Å². The van der Waals surface area contributed by atoms with E-state index >= 15 is 0 Å². The maximum atomic E-state index is 6.39.